The van der Waals surface area contributed by atoms with Crippen LogP contribution in [0, 0.1) is 10.1 Å². The summed E-state index contributed by atoms with van der Waals surface area (Å²) < 4.78 is 97.7. The minimum Gasteiger partial charge on any atom is -0.475 e. The lowest BCUT2D eigenvalue weighted by Gasteiger charge is -2.21. The maximum atomic E-state index is 13.2. The molecular weight excluding hydrogens is 628 g/mol. The monoisotopic (exact) mass is 655 g/mol. The van der Waals surface area contributed by atoms with Crippen LogP contribution in [-0.4, -0.2) is 91.8 Å². The van der Waals surface area contributed by atoms with Crippen LogP contribution in [-0.2, 0) is 32.2 Å². The van der Waals surface area contributed by atoms with Gasteiger partial charge in [-0.05, 0) is 24.1 Å². The number of carboxylic acid groups (broad SMARTS) is 1. The number of carbonyl (C=O) groups is 2. The van der Waals surface area contributed by atoms with Crippen molar-refractivity contribution >= 4 is 33.4 Å². The SMILES string of the molecule is CN(CCc1ccc(C2=NCCN2)cc1)C(=O)CCN(C)S(=O)(=O)c1ccc([N+](=O)[O-])c(C(F)(F)F)c1.O=C(O)C(F)(F)F. The first kappa shape index (κ1) is 35.9. The number of halogens is 6. The van der Waals surface area contributed by atoms with Gasteiger partial charge in [0.2, 0.25) is 15.9 Å². The molecule has 0 atom stereocenters. The number of hydrogen-bond donors (Lipinski definition) is 2. The number of nitrogens with zero attached hydrogens (tertiary/aromatic N) is 4. The number of amidine groups is 1. The Morgan fingerprint density at radius 3 is 2.11 bits per heavy atom. The number of rotatable bonds is 10. The molecule has 12 nitrogen and oxygen atoms in total. The molecule has 0 saturated carbocycles. The number of nitro groups is 1. The van der Waals surface area contributed by atoms with E-state index in [9.17, 15) is 49.7 Å². The summed E-state index contributed by atoms with van der Waals surface area (Å²) in [6.45, 7) is 1.64. The fraction of sp³-hybridized carbons (Fsp3) is 0.400. The smallest absolute Gasteiger partial charge is 0.475 e. The second-order valence-electron chi connectivity index (χ2n) is 9.23. The van der Waals surface area contributed by atoms with Gasteiger partial charge in [0.25, 0.3) is 5.69 Å². The minimum absolute atomic E-state index is 0.199. The molecule has 1 amide bonds. The van der Waals surface area contributed by atoms with Crippen LogP contribution in [0.25, 0.3) is 0 Å². The highest BCUT2D eigenvalue weighted by Gasteiger charge is 2.40. The van der Waals surface area contributed by atoms with Crippen molar-refractivity contribution in [3.63, 3.8) is 0 Å². The van der Waals surface area contributed by atoms with Crippen molar-refractivity contribution in [1.82, 2.24) is 14.5 Å². The Morgan fingerprint density at radius 2 is 1.64 bits per heavy atom. The predicted molar refractivity (Wildman–Crippen MR) is 143 cm³/mol. The highest BCUT2D eigenvalue weighted by Crippen LogP contribution is 2.37. The highest BCUT2D eigenvalue weighted by molar-refractivity contribution is 7.89. The first-order valence-corrected chi connectivity index (χ1v) is 13.9. The molecule has 1 heterocycles. The molecule has 1 aliphatic rings. The lowest BCUT2D eigenvalue weighted by Crippen LogP contribution is -2.34. The zero-order valence-electron chi connectivity index (χ0n) is 23.1. The molecule has 0 bridgehead atoms. The van der Waals surface area contributed by atoms with Gasteiger partial charge in [-0.2, -0.15) is 26.3 Å². The van der Waals surface area contributed by atoms with E-state index in [2.05, 4.69) is 10.3 Å². The van der Waals surface area contributed by atoms with E-state index >= 15 is 0 Å². The van der Waals surface area contributed by atoms with Gasteiger partial charge < -0.3 is 15.3 Å². The molecule has 2 N–H and O–H groups in total. The zero-order chi connectivity index (χ0) is 33.5. The molecule has 0 unspecified atom stereocenters. The molecule has 2 aromatic carbocycles. The lowest BCUT2D eigenvalue weighted by molar-refractivity contribution is -0.388. The summed E-state index contributed by atoms with van der Waals surface area (Å²) >= 11 is 0. The van der Waals surface area contributed by atoms with Crippen molar-refractivity contribution in [2.45, 2.75) is 30.1 Å². The molecule has 0 fully saturated rings. The van der Waals surface area contributed by atoms with E-state index in [0.717, 1.165) is 47.5 Å². The first-order valence-electron chi connectivity index (χ1n) is 12.5. The van der Waals surface area contributed by atoms with Gasteiger partial charge in [-0.1, -0.05) is 24.3 Å². The van der Waals surface area contributed by atoms with Crippen LogP contribution < -0.4 is 5.32 Å². The summed E-state index contributed by atoms with van der Waals surface area (Å²) in [6.07, 6.45) is -9.83. The Morgan fingerprint density at radius 1 is 1.05 bits per heavy atom. The third-order valence-electron chi connectivity index (χ3n) is 6.12. The Kier molecular flexibility index (Phi) is 11.8. The number of carbonyl (C=O) groups excluding carboxylic acids is 1. The van der Waals surface area contributed by atoms with Gasteiger partial charge in [-0.3, -0.25) is 19.9 Å². The molecule has 2 aromatic rings. The summed E-state index contributed by atoms with van der Waals surface area (Å²) in [7, 11) is -1.72. The predicted octanol–water partition coefficient (Wildman–Crippen LogP) is 3.31. The van der Waals surface area contributed by atoms with Crippen LogP contribution in [0.5, 0.6) is 0 Å². The topological polar surface area (TPSA) is 163 Å². The van der Waals surface area contributed by atoms with Crippen molar-refractivity contribution in [3.8, 4) is 0 Å². The quantitative estimate of drug-likeness (QED) is 0.224. The molecule has 1 aliphatic heterocycles. The first-order chi connectivity index (χ1) is 20.2. The summed E-state index contributed by atoms with van der Waals surface area (Å²) in [5.74, 6) is -2.25. The maximum absolute atomic E-state index is 13.2. The lowest BCUT2D eigenvalue weighted by atomic mass is 10.1. The van der Waals surface area contributed by atoms with E-state index in [1.54, 1.807) is 7.05 Å². The third-order valence-corrected chi connectivity index (χ3v) is 7.98. The van der Waals surface area contributed by atoms with Gasteiger partial charge in [-0.25, -0.2) is 17.5 Å². The van der Waals surface area contributed by atoms with Gasteiger partial charge in [0.05, 0.1) is 16.4 Å². The molecule has 0 spiro atoms. The fourth-order valence-electron chi connectivity index (χ4n) is 3.65. The van der Waals surface area contributed by atoms with Gasteiger partial charge in [0, 0.05) is 51.8 Å². The van der Waals surface area contributed by atoms with Crippen LogP contribution in [0.1, 0.15) is 23.1 Å². The third kappa shape index (κ3) is 9.90. The molecule has 19 heteroatoms. The maximum Gasteiger partial charge on any atom is 0.490 e. The van der Waals surface area contributed by atoms with Crippen molar-refractivity contribution in [2.75, 3.05) is 40.3 Å². The van der Waals surface area contributed by atoms with Gasteiger partial charge >= 0.3 is 18.3 Å². The molecule has 3 rings (SSSR count). The van der Waals surface area contributed by atoms with Crippen LogP contribution in [0.2, 0.25) is 0 Å². The molecule has 0 saturated heterocycles. The average Bonchev–Trinajstić information content (AvgIpc) is 3.48. The average molecular weight is 656 g/mol. The minimum atomic E-state index is -5.12. The van der Waals surface area contributed by atoms with Crippen LogP contribution in [0.15, 0.2) is 52.4 Å². The number of likely N-dealkylation sites (N-methyl/N-ethyl adjacent to an activating group) is 1. The van der Waals surface area contributed by atoms with Gasteiger partial charge in [0.15, 0.2) is 0 Å². The number of nitro benzene ring substituents is 1. The van der Waals surface area contributed by atoms with Crippen molar-refractivity contribution in [2.24, 2.45) is 4.99 Å². The normalized spacial score (nSPS) is 13.4. The molecule has 0 aromatic heterocycles. The largest absolute Gasteiger partial charge is 0.490 e. The molecular formula is C25H27F6N5O7S. The summed E-state index contributed by atoms with van der Waals surface area (Å²) in [5, 5.41) is 21.2. The molecule has 44 heavy (non-hydrogen) atoms. The Hall–Kier alpha value is -4.26. The number of hydrogen-bond acceptors (Lipinski definition) is 8. The van der Waals surface area contributed by atoms with E-state index in [0.29, 0.717) is 19.0 Å². The van der Waals surface area contributed by atoms with E-state index in [4.69, 9.17) is 9.90 Å². The van der Waals surface area contributed by atoms with Gasteiger partial charge in [0.1, 0.15) is 11.4 Å². The summed E-state index contributed by atoms with van der Waals surface area (Å²) in [4.78, 5) is 36.2. The number of amides is 1. The summed E-state index contributed by atoms with van der Waals surface area (Å²) in [6, 6.07) is 9.25. The number of sulfonamides is 1. The number of benzene rings is 2. The van der Waals surface area contributed by atoms with Crippen molar-refractivity contribution in [1.29, 1.82) is 0 Å². The highest BCUT2D eigenvalue weighted by atomic mass is 32.2. The van der Waals surface area contributed by atoms with Gasteiger partial charge in [-0.15, -0.1) is 0 Å². The standard InChI is InChI=1S/C23H26F3N5O5S.C2HF3O2/c1-29(13-9-16-3-5-17(6-4-16)22-27-11-12-28-22)21(32)10-14-30(2)37(35,36)18-7-8-20(31(33)34)19(15-18)23(24,25)26;3-2(4,5)1(6)7/h3-8,15H,9-14H2,1-2H3,(H,27,28);(H,6,7). The molecule has 242 valence electrons. The summed E-state index contributed by atoms with van der Waals surface area (Å²) in [5.41, 5.74) is -0.932. The second kappa shape index (κ2) is 14.5. The zero-order valence-corrected chi connectivity index (χ0v) is 24.0. The molecule has 0 radical (unpaired) electrons. The van der Waals surface area contributed by atoms with E-state index < -0.39 is 49.4 Å². The van der Waals surface area contributed by atoms with Crippen LogP contribution in [0.4, 0.5) is 32.0 Å². The number of alkyl halides is 6. The Bertz CT molecular complexity index is 1500. The fourth-order valence-corrected chi connectivity index (χ4v) is 4.85. The second-order valence-corrected chi connectivity index (χ2v) is 11.3. The Labute approximate surface area is 247 Å². The van der Waals surface area contributed by atoms with Crippen LogP contribution >= 0.6 is 0 Å². The number of carboxylic acids is 1. The van der Waals surface area contributed by atoms with Crippen LogP contribution in [0.3, 0.4) is 0 Å². The van der Waals surface area contributed by atoms with Crippen molar-refractivity contribution < 1.29 is 54.4 Å². The Balaban J connectivity index is 0.000000860. The van der Waals surface area contributed by atoms with Crippen molar-refractivity contribution in [3.05, 3.63) is 69.3 Å². The molecule has 0 aliphatic carbocycles. The van der Waals surface area contributed by atoms with E-state index in [1.807, 2.05) is 24.3 Å². The number of nitrogens with one attached hydrogen (secondary N) is 1. The number of aliphatic imine (C=N–C) groups is 1. The number of aliphatic carboxylic acids is 1. The van der Waals surface area contributed by atoms with E-state index in [1.165, 1.54) is 4.90 Å². The van der Waals surface area contributed by atoms with E-state index in [-0.39, 0.29) is 24.9 Å².